The third-order valence-corrected chi connectivity index (χ3v) is 4.90. The Kier molecular flexibility index (Phi) is 7.73. The van der Waals surface area contributed by atoms with Crippen LogP contribution < -0.4 is 10.6 Å². The minimum atomic E-state index is -0.443. The molecule has 0 spiro atoms. The summed E-state index contributed by atoms with van der Waals surface area (Å²) in [6, 6.07) is 0. The molecule has 2 saturated heterocycles. The summed E-state index contributed by atoms with van der Waals surface area (Å²) in [7, 11) is 1.78. The van der Waals surface area contributed by atoms with Crippen molar-refractivity contribution in [1.29, 1.82) is 0 Å². The van der Waals surface area contributed by atoms with Crippen LogP contribution >= 0.6 is 0 Å². The molecule has 2 aliphatic rings. The Morgan fingerprint density at radius 1 is 1.22 bits per heavy atom. The van der Waals surface area contributed by atoms with Gasteiger partial charge in [-0.15, -0.1) is 0 Å². The topological polar surface area (TPSA) is 78.4 Å². The monoisotopic (exact) mass is 383 g/mol. The van der Waals surface area contributed by atoms with Gasteiger partial charge in [0.25, 0.3) is 0 Å². The highest BCUT2D eigenvalue weighted by Crippen LogP contribution is 2.23. The van der Waals surface area contributed by atoms with Gasteiger partial charge in [-0.3, -0.25) is 9.89 Å². The number of piperazine rings is 1. The molecule has 0 bridgehead atoms. The lowest BCUT2D eigenvalue weighted by Crippen LogP contribution is -2.52. The van der Waals surface area contributed by atoms with E-state index in [-0.39, 0.29) is 11.7 Å². The lowest BCUT2D eigenvalue weighted by molar-refractivity contribution is 0.0146. The predicted octanol–water partition coefficient (Wildman–Crippen LogP) is 1.27. The Morgan fingerprint density at radius 2 is 1.93 bits per heavy atom. The van der Waals surface area contributed by atoms with Crippen LogP contribution in [0.5, 0.6) is 0 Å². The van der Waals surface area contributed by atoms with E-state index in [1.165, 1.54) is 0 Å². The molecule has 0 saturated carbocycles. The van der Waals surface area contributed by atoms with Crippen LogP contribution in [0.3, 0.4) is 0 Å². The smallest absolute Gasteiger partial charge is 0.410 e. The predicted molar refractivity (Wildman–Crippen MR) is 107 cm³/mol. The molecule has 2 heterocycles. The zero-order chi connectivity index (χ0) is 19.9. The van der Waals surface area contributed by atoms with E-state index in [2.05, 4.69) is 27.4 Å². The lowest BCUT2D eigenvalue weighted by Gasteiger charge is -2.35. The van der Waals surface area contributed by atoms with Gasteiger partial charge in [-0.2, -0.15) is 0 Å². The van der Waals surface area contributed by atoms with Crippen LogP contribution in [-0.2, 0) is 9.47 Å². The van der Waals surface area contributed by atoms with Crippen LogP contribution in [0.1, 0.15) is 40.5 Å². The molecule has 156 valence electrons. The molecule has 1 amide bonds. The van der Waals surface area contributed by atoms with Crippen molar-refractivity contribution in [3.8, 4) is 0 Å². The maximum absolute atomic E-state index is 12.1. The van der Waals surface area contributed by atoms with Crippen LogP contribution in [0.2, 0.25) is 0 Å². The number of carbonyl (C=O) groups is 1. The SMILES string of the molecule is CN=C(NCCN1CCN(C(=O)OC(C)(C)C)CC1)NCC1(C)CCCO1. The third kappa shape index (κ3) is 7.54. The van der Waals surface area contributed by atoms with Crippen molar-refractivity contribution < 1.29 is 14.3 Å². The molecule has 27 heavy (non-hydrogen) atoms. The minimum absolute atomic E-state index is 0.0877. The molecule has 1 unspecified atom stereocenters. The first-order valence-electron chi connectivity index (χ1n) is 9.99. The Bertz CT molecular complexity index is 504. The zero-order valence-corrected chi connectivity index (χ0v) is 17.6. The Morgan fingerprint density at radius 3 is 2.48 bits per heavy atom. The first-order valence-corrected chi connectivity index (χ1v) is 9.99. The van der Waals surface area contributed by atoms with Gasteiger partial charge in [0, 0.05) is 59.5 Å². The molecular weight excluding hydrogens is 346 g/mol. The number of guanidine groups is 1. The van der Waals surface area contributed by atoms with Crippen LogP contribution in [-0.4, -0.2) is 92.5 Å². The molecule has 0 radical (unpaired) electrons. The molecule has 0 aromatic carbocycles. The molecule has 0 aromatic rings. The lowest BCUT2D eigenvalue weighted by atomic mass is 10.0. The first-order chi connectivity index (χ1) is 12.7. The average Bonchev–Trinajstić information content (AvgIpc) is 3.04. The quantitative estimate of drug-likeness (QED) is 0.550. The molecule has 2 rings (SSSR count). The van der Waals surface area contributed by atoms with E-state index in [0.717, 1.165) is 58.1 Å². The molecule has 8 nitrogen and oxygen atoms in total. The molecule has 0 aromatic heterocycles. The van der Waals surface area contributed by atoms with Gasteiger partial charge in [0.1, 0.15) is 5.60 Å². The van der Waals surface area contributed by atoms with Crippen LogP contribution in [0.25, 0.3) is 0 Å². The standard InChI is InChI=1S/C19H37N5O3/c1-18(2,3)27-17(25)24-12-10-23(11-13-24)9-8-21-16(20-5)22-15-19(4)7-6-14-26-19/h6-15H2,1-5H3,(H2,20,21,22). The van der Waals surface area contributed by atoms with Crippen LogP contribution in [0, 0.1) is 0 Å². The summed E-state index contributed by atoms with van der Waals surface area (Å²) in [5.41, 5.74) is -0.531. The van der Waals surface area contributed by atoms with Gasteiger partial charge in [0.15, 0.2) is 5.96 Å². The number of nitrogens with zero attached hydrogens (tertiary/aromatic N) is 3. The van der Waals surface area contributed by atoms with Gasteiger partial charge >= 0.3 is 6.09 Å². The number of hydrogen-bond donors (Lipinski definition) is 2. The highest BCUT2D eigenvalue weighted by molar-refractivity contribution is 5.79. The van der Waals surface area contributed by atoms with Crippen molar-refractivity contribution in [3.63, 3.8) is 0 Å². The highest BCUT2D eigenvalue weighted by Gasteiger charge is 2.30. The molecular formula is C19H37N5O3. The molecule has 1 atom stereocenters. The van der Waals surface area contributed by atoms with Gasteiger partial charge in [-0.1, -0.05) is 0 Å². The van der Waals surface area contributed by atoms with E-state index in [0.29, 0.717) is 13.1 Å². The van der Waals surface area contributed by atoms with Crippen molar-refractivity contribution >= 4 is 12.1 Å². The summed E-state index contributed by atoms with van der Waals surface area (Å²) in [5, 5.41) is 6.72. The van der Waals surface area contributed by atoms with E-state index in [1.807, 2.05) is 20.8 Å². The Balaban J connectivity index is 1.62. The summed E-state index contributed by atoms with van der Waals surface area (Å²) in [6.45, 7) is 14.3. The van der Waals surface area contributed by atoms with Gasteiger partial charge in [-0.25, -0.2) is 4.79 Å². The van der Waals surface area contributed by atoms with Gasteiger partial charge in [0.05, 0.1) is 5.60 Å². The molecule has 2 fully saturated rings. The first kappa shape index (κ1) is 21.8. The summed E-state index contributed by atoms with van der Waals surface area (Å²) < 4.78 is 11.2. The third-order valence-electron chi connectivity index (χ3n) is 4.90. The zero-order valence-electron chi connectivity index (χ0n) is 17.6. The van der Waals surface area contributed by atoms with Gasteiger partial charge in [0.2, 0.25) is 0 Å². The minimum Gasteiger partial charge on any atom is -0.444 e. The van der Waals surface area contributed by atoms with Crippen LogP contribution in [0.15, 0.2) is 4.99 Å². The fraction of sp³-hybridized carbons (Fsp3) is 0.895. The van der Waals surface area contributed by atoms with Crippen molar-refractivity contribution in [3.05, 3.63) is 0 Å². The number of nitrogens with one attached hydrogen (secondary N) is 2. The average molecular weight is 384 g/mol. The molecule has 2 N–H and O–H groups in total. The van der Waals surface area contributed by atoms with Gasteiger partial charge < -0.3 is 25.0 Å². The van der Waals surface area contributed by atoms with Crippen molar-refractivity contribution in [2.75, 3.05) is 59.5 Å². The summed E-state index contributed by atoms with van der Waals surface area (Å²) in [6.07, 6.45) is 1.99. The number of ether oxygens (including phenoxy) is 2. The maximum atomic E-state index is 12.1. The number of carbonyl (C=O) groups excluding carboxylic acids is 1. The highest BCUT2D eigenvalue weighted by atomic mass is 16.6. The Labute approximate surface area is 163 Å². The normalized spacial score (nSPS) is 24.8. The van der Waals surface area contributed by atoms with Crippen molar-refractivity contribution in [2.45, 2.75) is 51.7 Å². The van der Waals surface area contributed by atoms with Crippen LogP contribution in [0.4, 0.5) is 4.79 Å². The van der Waals surface area contributed by atoms with Crippen molar-refractivity contribution in [1.82, 2.24) is 20.4 Å². The second kappa shape index (κ2) is 9.59. The van der Waals surface area contributed by atoms with E-state index in [4.69, 9.17) is 9.47 Å². The number of rotatable bonds is 5. The molecule has 8 heteroatoms. The second-order valence-electron chi connectivity index (χ2n) is 8.56. The fourth-order valence-corrected chi connectivity index (χ4v) is 3.28. The van der Waals surface area contributed by atoms with E-state index < -0.39 is 5.60 Å². The molecule has 0 aliphatic carbocycles. The fourth-order valence-electron chi connectivity index (χ4n) is 3.28. The maximum Gasteiger partial charge on any atom is 0.410 e. The molecule has 2 aliphatic heterocycles. The van der Waals surface area contributed by atoms with Gasteiger partial charge in [-0.05, 0) is 40.5 Å². The summed E-state index contributed by atoms with van der Waals surface area (Å²) in [4.78, 5) is 20.5. The van der Waals surface area contributed by atoms with E-state index in [1.54, 1.807) is 11.9 Å². The number of aliphatic imine (C=N–C) groups is 1. The second-order valence-corrected chi connectivity index (χ2v) is 8.56. The summed E-state index contributed by atoms with van der Waals surface area (Å²) >= 11 is 0. The van der Waals surface area contributed by atoms with E-state index in [9.17, 15) is 4.79 Å². The number of hydrogen-bond acceptors (Lipinski definition) is 5. The van der Waals surface area contributed by atoms with E-state index >= 15 is 0 Å². The largest absolute Gasteiger partial charge is 0.444 e. The number of amides is 1. The summed E-state index contributed by atoms with van der Waals surface area (Å²) in [5.74, 6) is 0.805. The van der Waals surface area contributed by atoms with Crippen molar-refractivity contribution in [2.24, 2.45) is 4.99 Å². The Hall–Kier alpha value is -1.54.